The van der Waals surface area contributed by atoms with Gasteiger partial charge < -0.3 is 0 Å². The van der Waals surface area contributed by atoms with Crippen LogP contribution in [-0.4, -0.2) is 0 Å². The van der Waals surface area contributed by atoms with Crippen LogP contribution < -0.4 is 0 Å². The molecule has 0 unspecified atom stereocenters. The van der Waals surface area contributed by atoms with Crippen LogP contribution >= 0.6 is 11.3 Å². The molecule has 1 heterocycles. The summed E-state index contributed by atoms with van der Waals surface area (Å²) >= 11 is 1.90. The molecule has 0 aliphatic heterocycles. The van der Waals surface area contributed by atoms with Crippen molar-refractivity contribution in [3.8, 4) is 22.3 Å². The molecular formula is C45H38S. The lowest BCUT2D eigenvalue weighted by atomic mass is 9.78. The van der Waals surface area contributed by atoms with Crippen LogP contribution in [0.15, 0.2) is 109 Å². The number of thiophene rings is 1. The van der Waals surface area contributed by atoms with Crippen molar-refractivity contribution in [3.05, 3.63) is 131 Å². The zero-order chi connectivity index (χ0) is 31.5. The second kappa shape index (κ2) is 9.53. The molecule has 0 spiro atoms. The Morgan fingerprint density at radius 3 is 2.07 bits per heavy atom. The Bertz CT molecular complexity index is 2570. The van der Waals surface area contributed by atoms with Crippen LogP contribution in [0.2, 0.25) is 0 Å². The Morgan fingerprint density at radius 1 is 0.565 bits per heavy atom. The molecule has 46 heavy (non-hydrogen) atoms. The molecule has 0 atom stereocenters. The van der Waals surface area contributed by atoms with Crippen molar-refractivity contribution in [1.82, 2.24) is 0 Å². The number of rotatable bonds is 3. The molecule has 1 aliphatic carbocycles. The average Bonchev–Trinajstić information content (AvgIpc) is 3.56. The Balaban J connectivity index is 1.30. The van der Waals surface area contributed by atoms with Crippen LogP contribution in [0.25, 0.3) is 74.7 Å². The first-order valence-corrected chi connectivity index (χ1v) is 17.5. The summed E-state index contributed by atoms with van der Waals surface area (Å²) in [6.07, 6.45) is 1.03. The average molecular weight is 611 g/mol. The van der Waals surface area contributed by atoms with Gasteiger partial charge in [0, 0.05) is 25.6 Å². The molecule has 1 aliphatic rings. The predicted octanol–water partition coefficient (Wildman–Crippen LogP) is 13.3. The zero-order valence-electron chi connectivity index (χ0n) is 27.5. The summed E-state index contributed by atoms with van der Waals surface area (Å²) in [6.45, 7) is 14.2. The molecule has 0 N–H and O–H groups in total. The highest BCUT2D eigenvalue weighted by atomic mass is 32.1. The molecule has 0 nitrogen and oxygen atoms in total. The van der Waals surface area contributed by atoms with Gasteiger partial charge in [0.05, 0.1) is 0 Å². The van der Waals surface area contributed by atoms with E-state index in [-0.39, 0.29) is 10.8 Å². The standard InChI is InChI=1S/C45H38S/c1-7-26-20-36-35-23-28(27-12-10-13-29(22-27)31-15-11-16-34-33-14-8-9-17-40(33)46-43(31)34)18-19-32(35)37-24-30(44(2,3)4)25-39-42(37)41(36)38(21-26)45(39,5)6/h8-25H,7H2,1-6H3. The summed E-state index contributed by atoms with van der Waals surface area (Å²) in [5, 5.41) is 11.1. The second-order valence-electron chi connectivity index (χ2n) is 14.9. The first-order valence-electron chi connectivity index (χ1n) is 16.7. The number of aryl methyl sites for hydroxylation is 1. The van der Waals surface area contributed by atoms with Gasteiger partial charge in [-0.2, -0.15) is 0 Å². The Hall–Kier alpha value is -4.46. The van der Waals surface area contributed by atoms with E-state index in [0.29, 0.717) is 0 Å². The van der Waals surface area contributed by atoms with Gasteiger partial charge in [-0.15, -0.1) is 11.3 Å². The largest absolute Gasteiger partial charge is 0.135 e. The normalized spacial score (nSPS) is 14.1. The minimum Gasteiger partial charge on any atom is -0.135 e. The van der Waals surface area contributed by atoms with Crippen molar-refractivity contribution in [1.29, 1.82) is 0 Å². The monoisotopic (exact) mass is 610 g/mol. The van der Waals surface area contributed by atoms with Crippen LogP contribution in [-0.2, 0) is 17.3 Å². The number of fused-ring (bicyclic) bond motifs is 6. The van der Waals surface area contributed by atoms with E-state index in [9.17, 15) is 0 Å². The van der Waals surface area contributed by atoms with Gasteiger partial charge in [0.15, 0.2) is 0 Å². The smallest absolute Gasteiger partial charge is 0.0433 e. The fourth-order valence-electron chi connectivity index (χ4n) is 8.10. The van der Waals surface area contributed by atoms with Crippen LogP contribution in [0.5, 0.6) is 0 Å². The minimum absolute atomic E-state index is 0.0343. The summed E-state index contributed by atoms with van der Waals surface area (Å²) in [4.78, 5) is 0. The lowest BCUT2D eigenvalue weighted by molar-refractivity contribution is 0.586. The topological polar surface area (TPSA) is 0 Å². The van der Waals surface area contributed by atoms with Gasteiger partial charge in [-0.1, -0.05) is 126 Å². The van der Waals surface area contributed by atoms with Crippen molar-refractivity contribution >= 4 is 63.8 Å². The lowest BCUT2D eigenvalue weighted by Gasteiger charge is -2.26. The lowest BCUT2D eigenvalue weighted by Crippen LogP contribution is -2.18. The molecule has 0 bridgehead atoms. The SMILES string of the molecule is CCc1cc2c3c(c1)c1cc(-c4cccc(-c5cccc6c5sc5ccccc56)c4)ccc1c1cc(C(C)(C)C)cc(c13)C2(C)C. The molecule has 8 aromatic rings. The maximum Gasteiger partial charge on any atom is 0.0433 e. The molecule has 9 rings (SSSR count). The van der Waals surface area contributed by atoms with E-state index in [4.69, 9.17) is 0 Å². The highest BCUT2D eigenvalue weighted by molar-refractivity contribution is 7.26. The fraction of sp³-hybridized carbons (Fsp3) is 0.200. The first-order chi connectivity index (χ1) is 22.1. The van der Waals surface area contributed by atoms with Crippen molar-refractivity contribution < 1.29 is 0 Å². The van der Waals surface area contributed by atoms with E-state index in [0.717, 1.165) is 6.42 Å². The van der Waals surface area contributed by atoms with Crippen LogP contribution in [0, 0.1) is 0 Å². The molecule has 1 heteroatoms. The summed E-state index contributed by atoms with van der Waals surface area (Å²) in [6, 6.07) is 41.9. The maximum atomic E-state index is 2.51. The molecule has 0 fully saturated rings. The van der Waals surface area contributed by atoms with Gasteiger partial charge in [0.2, 0.25) is 0 Å². The molecule has 0 saturated heterocycles. The Labute approximate surface area is 275 Å². The summed E-state index contributed by atoms with van der Waals surface area (Å²) in [5.41, 5.74) is 11.0. The number of hydrogen-bond donors (Lipinski definition) is 0. The van der Waals surface area contributed by atoms with Gasteiger partial charge in [-0.3, -0.25) is 0 Å². The van der Waals surface area contributed by atoms with Crippen LogP contribution in [0.4, 0.5) is 0 Å². The maximum absolute atomic E-state index is 2.51. The summed E-state index contributed by atoms with van der Waals surface area (Å²) in [5.74, 6) is 0. The molecular weight excluding hydrogens is 573 g/mol. The Kier molecular flexibility index (Phi) is 5.76. The number of benzene rings is 7. The first kappa shape index (κ1) is 27.8. The second-order valence-corrected chi connectivity index (χ2v) is 15.9. The van der Waals surface area contributed by atoms with E-state index >= 15 is 0 Å². The van der Waals surface area contributed by atoms with Crippen molar-refractivity contribution in [2.75, 3.05) is 0 Å². The van der Waals surface area contributed by atoms with E-state index in [1.54, 1.807) is 0 Å². The van der Waals surface area contributed by atoms with Crippen LogP contribution in [0.3, 0.4) is 0 Å². The molecule has 224 valence electrons. The minimum atomic E-state index is -0.0343. The zero-order valence-corrected chi connectivity index (χ0v) is 28.3. The predicted molar refractivity (Wildman–Crippen MR) is 203 cm³/mol. The van der Waals surface area contributed by atoms with Gasteiger partial charge in [-0.25, -0.2) is 0 Å². The quantitative estimate of drug-likeness (QED) is 0.175. The van der Waals surface area contributed by atoms with Crippen molar-refractivity contribution in [2.24, 2.45) is 0 Å². The molecule has 0 amide bonds. The van der Waals surface area contributed by atoms with Gasteiger partial charge in [0.1, 0.15) is 0 Å². The summed E-state index contributed by atoms with van der Waals surface area (Å²) in [7, 11) is 0. The molecule has 1 aromatic heterocycles. The van der Waals surface area contributed by atoms with Gasteiger partial charge >= 0.3 is 0 Å². The van der Waals surface area contributed by atoms with E-state index in [2.05, 4.69) is 151 Å². The molecule has 0 radical (unpaired) electrons. The highest BCUT2D eigenvalue weighted by Crippen LogP contribution is 2.53. The van der Waals surface area contributed by atoms with Crippen LogP contribution in [0.1, 0.15) is 63.8 Å². The Morgan fingerprint density at radius 2 is 1.26 bits per heavy atom. The van der Waals surface area contributed by atoms with Gasteiger partial charge in [-0.05, 0) is 113 Å². The van der Waals surface area contributed by atoms with E-state index in [1.807, 2.05) is 11.3 Å². The third-order valence-electron chi connectivity index (χ3n) is 10.7. The van der Waals surface area contributed by atoms with E-state index < -0.39 is 0 Å². The van der Waals surface area contributed by atoms with E-state index in [1.165, 1.54) is 97.0 Å². The molecule has 7 aromatic carbocycles. The van der Waals surface area contributed by atoms with Gasteiger partial charge in [0.25, 0.3) is 0 Å². The summed E-state index contributed by atoms with van der Waals surface area (Å²) < 4.78 is 2.71. The fourth-order valence-corrected chi connectivity index (χ4v) is 9.34. The molecule has 0 saturated carbocycles. The highest BCUT2D eigenvalue weighted by Gasteiger charge is 2.36. The third-order valence-corrected chi connectivity index (χ3v) is 11.9. The van der Waals surface area contributed by atoms with Crippen molar-refractivity contribution in [3.63, 3.8) is 0 Å². The number of hydrogen-bond acceptors (Lipinski definition) is 1. The van der Waals surface area contributed by atoms with Crippen molar-refractivity contribution in [2.45, 2.75) is 58.8 Å². The third kappa shape index (κ3) is 3.85.